The molecule has 0 aromatic rings. The van der Waals surface area contributed by atoms with Gasteiger partial charge in [0.1, 0.15) is 0 Å². The normalized spacial score (nSPS) is 21.2. The number of amidine groups is 1. The van der Waals surface area contributed by atoms with E-state index in [9.17, 15) is 0 Å². The van der Waals surface area contributed by atoms with Crippen LogP contribution in [0.4, 0.5) is 0 Å². The molecule has 0 bridgehead atoms. The van der Waals surface area contributed by atoms with Crippen molar-refractivity contribution < 1.29 is 0 Å². The Morgan fingerprint density at radius 1 is 1.33 bits per heavy atom. The molecule has 0 atom stereocenters. The maximum absolute atomic E-state index is 5.77. The van der Waals surface area contributed by atoms with Crippen LogP contribution in [0.2, 0.25) is 0 Å². The van der Waals surface area contributed by atoms with Crippen LogP contribution in [-0.4, -0.2) is 11.9 Å². The van der Waals surface area contributed by atoms with Crippen molar-refractivity contribution in [2.75, 3.05) is 0 Å². The summed E-state index contributed by atoms with van der Waals surface area (Å²) in [6.45, 7) is 2.14. The second-order valence-electron chi connectivity index (χ2n) is 3.66. The molecule has 70 valence electrons. The SMILES string of the molecule is CCCC(N)=NC1CCCCC1. The van der Waals surface area contributed by atoms with Crippen LogP contribution in [0.5, 0.6) is 0 Å². The van der Waals surface area contributed by atoms with Crippen molar-refractivity contribution in [3.63, 3.8) is 0 Å². The van der Waals surface area contributed by atoms with E-state index in [2.05, 4.69) is 11.9 Å². The first-order valence-corrected chi connectivity index (χ1v) is 5.15. The number of nitrogens with two attached hydrogens (primary N) is 1. The molecule has 2 nitrogen and oxygen atoms in total. The van der Waals surface area contributed by atoms with Gasteiger partial charge in [0.2, 0.25) is 0 Å². The van der Waals surface area contributed by atoms with Gasteiger partial charge in [0, 0.05) is 6.42 Å². The lowest BCUT2D eigenvalue weighted by Crippen LogP contribution is -2.18. The predicted octanol–water partition coefficient (Wildman–Crippen LogP) is 2.48. The van der Waals surface area contributed by atoms with Crippen molar-refractivity contribution in [3.8, 4) is 0 Å². The third-order valence-electron chi connectivity index (χ3n) is 2.43. The first-order chi connectivity index (χ1) is 5.83. The number of hydrogen-bond donors (Lipinski definition) is 1. The second kappa shape index (κ2) is 5.18. The number of hydrogen-bond acceptors (Lipinski definition) is 1. The van der Waals surface area contributed by atoms with Gasteiger partial charge in [0.05, 0.1) is 11.9 Å². The quantitative estimate of drug-likeness (QED) is 0.510. The van der Waals surface area contributed by atoms with E-state index in [1.54, 1.807) is 0 Å². The number of rotatable bonds is 3. The summed E-state index contributed by atoms with van der Waals surface area (Å²) in [5.74, 6) is 0.865. The maximum atomic E-state index is 5.77. The fourth-order valence-corrected chi connectivity index (χ4v) is 1.77. The molecule has 0 unspecified atom stereocenters. The van der Waals surface area contributed by atoms with Gasteiger partial charge >= 0.3 is 0 Å². The molecule has 1 fully saturated rings. The van der Waals surface area contributed by atoms with Gasteiger partial charge in [-0.05, 0) is 19.3 Å². The highest BCUT2D eigenvalue weighted by Crippen LogP contribution is 2.20. The zero-order valence-corrected chi connectivity index (χ0v) is 8.05. The molecule has 0 heterocycles. The molecule has 0 aliphatic heterocycles. The molecule has 0 saturated heterocycles. The molecule has 0 aromatic heterocycles. The minimum atomic E-state index is 0.547. The number of aliphatic imine (C=N–C) groups is 1. The Bertz CT molecular complexity index is 146. The van der Waals surface area contributed by atoms with E-state index in [1.807, 2.05) is 0 Å². The molecule has 1 aliphatic carbocycles. The highest BCUT2D eigenvalue weighted by molar-refractivity contribution is 5.80. The molecular weight excluding hydrogens is 148 g/mol. The van der Waals surface area contributed by atoms with Crippen LogP contribution in [0.3, 0.4) is 0 Å². The molecule has 1 saturated carbocycles. The van der Waals surface area contributed by atoms with Gasteiger partial charge in [-0.15, -0.1) is 0 Å². The lowest BCUT2D eigenvalue weighted by atomic mass is 9.96. The average Bonchev–Trinajstić information content (AvgIpc) is 2.06. The third kappa shape index (κ3) is 3.24. The maximum Gasteiger partial charge on any atom is 0.0940 e. The van der Waals surface area contributed by atoms with E-state index in [-0.39, 0.29) is 0 Å². The average molecular weight is 168 g/mol. The van der Waals surface area contributed by atoms with Gasteiger partial charge < -0.3 is 5.73 Å². The van der Waals surface area contributed by atoms with Crippen LogP contribution in [0.15, 0.2) is 4.99 Å². The standard InChI is InChI=1S/C10H20N2/c1-2-6-10(11)12-9-7-4-3-5-8-9/h9H,2-8H2,1H3,(H2,11,12). The summed E-state index contributed by atoms with van der Waals surface area (Å²) in [6.07, 6.45) is 8.66. The van der Waals surface area contributed by atoms with Gasteiger partial charge in [-0.2, -0.15) is 0 Å². The van der Waals surface area contributed by atoms with Gasteiger partial charge in [0.15, 0.2) is 0 Å². The molecule has 0 aromatic carbocycles. The summed E-state index contributed by atoms with van der Waals surface area (Å²) in [5, 5.41) is 0. The van der Waals surface area contributed by atoms with Crippen LogP contribution in [-0.2, 0) is 0 Å². The Balaban J connectivity index is 2.31. The van der Waals surface area contributed by atoms with Gasteiger partial charge in [-0.25, -0.2) is 0 Å². The summed E-state index contributed by atoms with van der Waals surface area (Å²) in [6, 6.07) is 0.547. The van der Waals surface area contributed by atoms with Gasteiger partial charge in [0.25, 0.3) is 0 Å². The first-order valence-electron chi connectivity index (χ1n) is 5.15. The Morgan fingerprint density at radius 2 is 2.00 bits per heavy atom. The van der Waals surface area contributed by atoms with Crippen LogP contribution in [0, 0.1) is 0 Å². The minimum Gasteiger partial charge on any atom is -0.387 e. The van der Waals surface area contributed by atoms with Crippen molar-refractivity contribution in [1.29, 1.82) is 0 Å². The Morgan fingerprint density at radius 3 is 2.58 bits per heavy atom. The lowest BCUT2D eigenvalue weighted by molar-refractivity contribution is 0.442. The Hall–Kier alpha value is -0.530. The largest absolute Gasteiger partial charge is 0.387 e. The van der Waals surface area contributed by atoms with Crippen molar-refractivity contribution in [2.24, 2.45) is 10.7 Å². The fraction of sp³-hybridized carbons (Fsp3) is 0.900. The lowest BCUT2D eigenvalue weighted by Gasteiger charge is -2.18. The highest BCUT2D eigenvalue weighted by atomic mass is 14.9. The van der Waals surface area contributed by atoms with E-state index in [4.69, 9.17) is 5.73 Å². The zero-order valence-electron chi connectivity index (χ0n) is 8.05. The van der Waals surface area contributed by atoms with E-state index < -0.39 is 0 Å². The smallest absolute Gasteiger partial charge is 0.0940 e. The van der Waals surface area contributed by atoms with E-state index in [1.165, 1.54) is 32.1 Å². The number of nitrogens with zero attached hydrogens (tertiary/aromatic N) is 1. The van der Waals surface area contributed by atoms with Crippen molar-refractivity contribution in [2.45, 2.75) is 57.9 Å². The van der Waals surface area contributed by atoms with E-state index in [0.717, 1.165) is 18.7 Å². The minimum absolute atomic E-state index is 0.547. The first kappa shape index (κ1) is 9.56. The molecule has 0 radical (unpaired) electrons. The van der Waals surface area contributed by atoms with Crippen molar-refractivity contribution in [1.82, 2.24) is 0 Å². The second-order valence-corrected chi connectivity index (χ2v) is 3.66. The van der Waals surface area contributed by atoms with Crippen molar-refractivity contribution in [3.05, 3.63) is 0 Å². The molecule has 0 amide bonds. The summed E-state index contributed by atoms with van der Waals surface area (Å²) >= 11 is 0. The van der Waals surface area contributed by atoms with Crippen LogP contribution >= 0.6 is 0 Å². The molecule has 12 heavy (non-hydrogen) atoms. The van der Waals surface area contributed by atoms with Gasteiger partial charge in [-0.3, -0.25) is 4.99 Å². The highest BCUT2D eigenvalue weighted by Gasteiger charge is 2.11. The molecule has 1 aliphatic rings. The topological polar surface area (TPSA) is 38.4 Å². The molecule has 2 heteroatoms. The van der Waals surface area contributed by atoms with Crippen LogP contribution in [0.1, 0.15) is 51.9 Å². The predicted molar refractivity (Wildman–Crippen MR) is 53.4 cm³/mol. The Labute approximate surface area is 75.3 Å². The van der Waals surface area contributed by atoms with Crippen molar-refractivity contribution >= 4 is 5.84 Å². The molecule has 2 N–H and O–H groups in total. The molecular formula is C10H20N2. The third-order valence-corrected chi connectivity index (χ3v) is 2.43. The summed E-state index contributed by atoms with van der Waals surface area (Å²) in [5.41, 5.74) is 5.77. The molecule has 0 spiro atoms. The van der Waals surface area contributed by atoms with E-state index >= 15 is 0 Å². The van der Waals surface area contributed by atoms with Crippen LogP contribution in [0.25, 0.3) is 0 Å². The molecule has 1 rings (SSSR count). The van der Waals surface area contributed by atoms with Gasteiger partial charge in [-0.1, -0.05) is 26.2 Å². The fourth-order valence-electron chi connectivity index (χ4n) is 1.77. The Kier molecular flexibility index (Phi) is 4.12. The summed E-state index contributed by atoms with van der Waals surface area (Å²) in [7, 11) is 0. The summed E-state index contributed by atoms with van der Waals surface area (Å²) in [4.78, 5) is 4.52. The van der Waals surface area contributed by atoms with E-state index in [0.29, 0.717) is 6.04 Å². The summed E-state index contributed by atoms with van der Waals surface area (Å²) < 4.78 is 0. The van der Waals surface area contributed by atoms with Crippen LogP contribution < -0.4 is 5.73 Å². The zero-order chi connectivity index (χ0) is 8.81. The monoisotopic (exact) mass is 168 g/mol.